The summed E-state index contributed by atoms with van der Waals surface area (Å²) in [6.45, 7) is 0. The van der Waals surface area contributed by atoms with E-state index in [9.17, 15) is 9.59 Å². The van der Waals surface area contributed by atoms with E-state index < -0.39 is 5.92 Å². The number of hydrogen-bond acceptors (Lipinski definition) is 3. The molecule has 0 radical (unpaired) electrons. The van der Waals surface area contributed by atoms with E-state index in [1.54, 1.807) is 43.5 Å². The number of carbonyl (C=O) groups excluding carboxylic acids is 2. The van der Waals surface area contributed by atoms with Crippen LogP contribution in [0.3, 0.4) is 0 Å². The van der Waals surface area contributed by atoms with Crippen LogP contribution < -0.4 is 4.74 Å². The molecular formula is C21H20O3. The molecule has 122 valence electrons. The van der Waals surface area contributed by atoms with E-state index in [0.29, 0.717) is 16.9 Å². The van der Waals surface area contributed by atoms with E-state index in [4.69, 9.17) is 4.74 Å². The van der Waals surface area contributed by atoms with E-state index in [2.05, 4.69) is 0 Å². The fourth-order valence-electron chi connectivity index (χ4n) is 3.10. The van der Waals surface area contributed by atoms with E-state index in [1.165, 1.54) is 0 Å². The second kappa shape index (κ2) is 7.26. The molecule has 0 N–H and O–H groups in total. The second-order valence-corrected chi connectivity index (χ2v) is 5.93. The Bertz CT molecular complexity index is 757. The van der Waals surface area contributed by atoms with Crippen LogP contribution in [0.15, 0.2) is 66.2 Å². The summed E-state index contributed by atoms with van der Waals surface area (Å²) in [6, 6.07) is 16.0. The molecule has 3 rings (SSSR count). The SMILES string of the molecule is COc1ccc(C(=O)C(C(=O)c2ccccc2)C2=CCCC2)cc1. The van der Waals surface area contributed by atoms with Crippen molar-refractivity contribution in [3.05, 3.63) is 77.4 Å². The van der Waals surface area contributed by atoms with Crippen LogP contribution in [0.1, 0.15) is 40.0 Å². The Morgan fingerprint density at radius 1 is 0.917 bits per heavy atom. The van der Waals surface area contributed by atoms with Gasteiger partial charge in [0.2, 0.25) is 0 Å². The average Bonchev–Trinajstić information content (AvgIpc) is 3.16. The third-order valence-electron chi connectivity index (χ3n) is 4.40. The number of benzene rings is 2. The fourth-order valence-corrected chi connectivity index (χ4v) is 3.10. The molecule has 0 saturated heterocycles. The van der Waals surface area contributed by atoms with Crippen LogP contribution in [0.25, 0.3) is 0 Å². The molecule has 24 heavy (non-hydrogen) atoms. The Morgan fingerprint density at radius 3 is 2.08 bits per heavy atom. The molecule has 1 atom stereocenters. The van der Waals surface area contributed by atoms with Gasteiger partial charge < -0.3 is 4.74 Å². The van der Waals surface area contributed by atoms with Crippen molar-refractivity contribution in [2.45, 2.75) is 19.3 Å². The van der Waals surface area contributed by atoms with Crippen LogP contribution in [0.4, 0.5) is 0 Å². The zero-order valence-corrected chi connectivity index (χ0v) is 13.7. The normalized spacial score (nSPS) is 14.8. The van der Waals surface area contributed by atoms with Gasteiger partial charge in [-0.3, -0.25) is 9.59 Å². The number of Topliss-reactive ketones (excluding diaryl/α,β-unsaturated/α-hetero) is 2. The third kappa shape index (κ3) is 3.30. The summed E-state index contributed by atoms with van der Waals surface area (Å²) in [7, 11) is 1.59. The van der Waals surface area contributed by atoms with Gasteiger partial charge in [-0.2, -0.15) is 0 Å². The molecule has 0 aliphatic heterocycles. The molecule has 1 unspecified atom stereocenters. The fraction of sp³-hybridized carbons (Fsp3) is 0.238. The first-order chi connectivity index (χ1) is 11.7. The predicted molar refractivity (Wildman–Crippen MR) is 93.5 cm³/mol. The van der Waals surface area contributed by atoms with Crippen molar-refractivity contribution in [1.82, 2.24) is 0 Å². The molecule has 2 aromatic carbocycles. The van der Waals surface area contributed by atoms with Gasteiger partial charge in [-0.05, 0) is 43.5 Å². The van der Waals surface area contributed by atoms with Crippen LogP contribution >= 0.6 is 0 Å². The molecule has 0 aromatic heterocycles. The smallest absolute Gasteiger partial charge is 0.177 e. The highest BCUT2D eigenvalue weighted by Gasteiger charge is 2.32. The van der Waals surface area contributed by atoms with Crippen molar-refractivity contribution < 1.29 is 14.3 Å². The first kappa shape index (κ1) is 16.2. The molecule has 3 heteroatoms. The predicted octanol–water partition coefficient (Wildman–Crippen LogP) is 4.49. The highest BCUT2D eigenvalue weighted by Crippen LogP contribution is 2.30. The number of carbonyl (C=O) groups is 2. The molecule has 0 bridgehead atoms. The van der Waals surface area contributed by atoms with Crippen LogP contribution in [0.5, 0.6) is 5.75 Å². The number of hydrogen-bond donors (Lipinski definition) is 0. The first-order valence-electron chi connectivity index (χ1n) is 8.17. The maximum Gasteiger partial charge on any atom is 0.177 e. The Balaban J connectivity index is 1.95. The van der Waals surface area contributed by atoms with Gasteiger partial charge in [0.1, 0.15) is 11.7 Å². The van der Waals surface area contributed by atoms with Gasteiger partial charge in [0, 0.05) is 11.1 Å². The zero-order chi connectivity index (χ0) is 16.9. The van der Waals surface area contributed by atoms with Crippen LogP contribution in [-0.2, 0) is 0 Å². The van der Waals surface area contributed by atoms with Crippen molar-refractivity contribution in [2.24, 2.45) is 5.92 Å². The molecule has 0 amide bonds. The number of methoxy groups -OCH3 is 1. The van der Waals surface area contributed by atoms with E-state index in [-0.39, 0.29) is 11.6 Å². The number of allylic oxidation sites excluding steroid dienone is 2. The van der Waals surface area contributed by atoms with E-state index in [0.717, 1.165) is 24.8 Å². The van der Waals surface area contributed by atoms with Crippen LogP contribution in [-0.4, -0.2) is 18.7 Å². The van der Waals surface area contributed by atoms with Gasteiger partial charge in [0.15, 0.2) is 11.6 Å². The van der Waals surface area contributed by atoms with Gasteiger partial charge in [-0.25, -0.2) is 0 Å². The lowest BCUT2D eigenvalue weighted by atomic mass is 9.84. The third-order valence-corrected chi connectivity index (χ3v) is 4.40. The summed E-state index contributed by atoms with van der Waals surface area (Å²) in [4.78, 5) is 26.0. The summed E-state index contributed by atoms with van der Waals surface area (Å²) in [6.07, 6.45) is 4.80. The maximum absolute atomic E-state index is 13.0. The van der Waals surface area contributed by atoms with Gasteiger partial charge in [-0.1, -0.05) is 42.0 Å². The number of rotatable bonds is 6. The molecule has 1 aliphatic rings. The first-order valence-corrected chi connectivity index (χ1v) is 8.17. The van der Waals surface area contributed by atoms with Gasteiger partial charge in [0.25, 0.3) is 0 Å². The van der Waals surface area contributed by atoms with E-state index in [1.807, 2.05) is 24.3 Å². The highest BCUT2D eigenvalue weighted by molar-refractivity contribution is 6.18. The topological polar surface area (TPSA) is 43.4 Å². The number of ketones is 2. The van der Waals surface area contributed by atoms with Crippen LogP contribution in [0.2, 0.25) is 0 Å². The lowest BCUT2D eigenvalue weighted by Crippen LogP contribution is -2.26. The quantitative estimate of drug-likeness (QED) is 0.447. The molecule has 0 fully saturated rings. The van der Waals surface area contributed by atoms with Gasteiger partial charge in [-0.15, -0.1) is 0 Å². The van der Waals surface area contributed by atoms with E-state index >= 15 is 0 Å². The standard InChI is InChI=1S/C21H20O3/c1-24-18-13-11-17(12-14-18)21(23)19(15-7-5-6-8-15)20(22)16-9-3-2-4-10-16/h2-4,7,9-14,19H,5-6,8H2,1H3. The van der Waals surface area contributed by atoms with Crippen molar-refractivity contribution in [1.29, 1.82) is 0 Å². The number of ether oxygens (including phenoxy) is 1. The van der Waals surface area contributed by atoms with Crippen LogP contribution in [0, 0.1) is 5.92 Å². The minimum absolute atomic E-state index is 0.121. The van der Waals surface area contributed by atoms with Gasteiger partial charge in [0.05, 0.1) is 7.11 Å². The second-order valence-electron chi connectivity index (χ2n) is 5.93. The van der Waals surface area contributed by atoms with Crippen molar-refractivity contribution in [3.63, 3.8) is 0 Å². The summed E-state index contributed by atoms with van der Waals surface area (Å²) in [5.41, 5.74) is 2.07. The molecule has 0 saturated carbocycles. The van der Waals surface area contributed by atoms with Crippen molar-refractivity contribution in [2.75, 3.05) is 7.11 Å². The maximum atomic E-state index is 13.0. The molecule has 3 nitrogen and oxygen atoms in total. The zero-order valence-electron chi connectivity index (χ0n) is 13.7. The molecule has 2 aromatic rings. The Labute approximate surface area is 142 Å². The summed E-state index contributed by atoms with van der Waals surface area (Å²) < 4.78 is 5.14. The lowest BCUT2D eigenvalue weighted by molar-refractivity contribution is 0.0832. The Kier molecular flexibility index (Phi) is 4.90. The summed E-state index contributed by atoms with van der Waals surface area (Å²) >= 11 is 0. The molecular weight excluding hydrogens is 300 g/mol. The highest BCUT2D eigenvalue weighted by atomic mass is 16.5. The summed E-state index contributed by atoms with van der Waals surface area (Å²) in [5.74, 6) is -0.287. The monoisotopic (exact) mass is 320 g/mol. The largest absolute Gasteiger partial charge is 0.497 e. The molecule has 1 aliphatic carbocycles. The average molecular weight is 320 g/mol. The Morgan fingerprint density at radius 2 is 1.54 bits per heavy atom. The van der Waals surface area contributed by atoms with Gasteiger partial charge >= 0.3 is 0 Å². The molecule has 0 spiro atoms. The molecule has 0 heterocycles. The minimum atomic E-state index is -0.719. The lowest BCUT2D eigenvalue weighted by Gasteiger charge is -2.17. The minimum Gasteiger partial charge on any atom is -0.497 e. The van der Waals surface area contributed by atoms with Crippen molar-refractivity contribution >= 4 is 11.6 Å². The van der Waals surface area contributed by atoms with Crippen molar-refractivity contribution in [3.8, 4) is 5.75 Å². The Hall–Kier alpha value is -2.68. The summed E-state index contributed by atoms with van der Waals surface area (Å²) in [5, 5.41) is 0.